The number of hydrogen-bond acceptors (Lipinski definition) is 1. The Hall–Kier alpha value is -4.59. The van der Waals surface area contributed by atoms with Gasteiger partial charge in [0.15, 0.2) is 0 Å². The lowest BCUT2D eigenvalue weighted by Crippen LogP contribution is -2.00. The van der Waals surface area contributed by atoms with Gasteiger partial charge in [-0.25, -0.2) is 0 Å². The predicted octanol–water partition coefficient (Wildman–Crippen LogP) is 10.7. The maximum Gasteiger partial charge on any atom is 0.0201 e. The van der Waals surface area contributed by atoms with Crippen LogP contribution < -0.4 is 0 Å². The van der Waals surface area contributed by atoms with Crippen LogP contribution in [0.2, 0.25) is 0 Å². The predicted molar refractivity (Wildman–Crippen MR) is 172 cm³/mol. The lowest BCUT2D eigenvalue weighted by molar-refractivity contribution is 1.25. The van der Waals surface area contributed by atoms with Crippen molar-refractivity contribution in [1.82, 2.24) is 0 Å². The van der Waals surface area contributed by atoms with Crippen LogP contribution >= 0.6 is 11.8 Å². The Bertz CT molecular complexity index is 1950. The fraction of sp³-hybridized carbons (Fsp3) is 0.0500. The lowest BCUT2D eigenvalue weighted by atomic mass is 9.90. The summed E-state index contributed by atoms with van der Waals surface area (Å²) in [5.74, 6) is 0. The van der Waals surface area contributed by atoms with Gasteiger partial charge in [-0.05, 0) is 121 Å². The molecule has 2 aliphatic carbocycles. The van der Waals surface area contributed by atoms with E-state index in [4.69, 9.17) is 0 Å². The fourth-order valence-electron chi connectivity index (χ4n) is 7.16. The Kier molecular flexibility index (Phi) is 4.91. The minimum Gasteiger partial charge on any atom is -0.0905 e. The molecule has 0 bridgehead atoms. The number of rotatable bonds is 2. The van der Waals surface area contributed by atoms with E-state index in [9.17, 15) is 0 Å². The van der Waals surface area contributed by atoms with Gasteiger partial charge in [0.2, 0.25) is 0 Å². The molecule has 0 spiro atoms. The van der Waals surface area contributed by atoms with Crippen molar-refractivity contribution in [2.24, 2.45) is 0 Å². The summed E-state index contributed by atoms with van der Waals surface area (Å²) in [7, 11) is 0. The molecule has 0 radical (unpaired) electrons. The largest absolute Gasteiger partial charge is 0.0905 e. The molecular weight excluding hydrogens is 513 g/mol. The van der Waals surface area contributed by atoms with Crippen LogP contribution in [0.5, 0.6) is 0 Å². The number of benzene rings is 6. The molecule has 1 heterocycles. The zero-order chi connectivity index (χ0) is 27.1. The molecule has 1 aliphatic heterocycles. The van der Waals surface area contributed by atoms with Crippen LogP contribution in [0.15, 0.2) is 138 Å². The second-order valence-corrected chi connectivity index (χ2v) is 12.4. The van der Waals surface area contributed by atoms with Gasteiger partial charge >= 0.3 is 0 Å². The van der Waals surface area contributed by atoms with E-state index >= 15 is 0 Å². The van der Waals surface area contributed by atoms with Gasteiger partial charge in [0.05, 0.1) is 0 Å². The molecule has 0 N–H and O–H groups in total. The highest BCUT2D eigenvalue weighted by molar-refractivity contribution is 7.99. The number of fused-ring (bicyclic) bond motifs is 8. The van der Waals surface area contributed by atoms with Gasteiger partial charge in [-0.15, -0.1) is 0 Å². The van der Waals surface area contributed by atoms with E-state index in [2.05, 4.69) is 128 Å². The van der Waals surface area contributed by atoms with Gasteiger partial charge in [0.1, 0.15) is 0 Å². The minimum atomic E-state index is 0.992. The summed E-state index contributed by atoms with van der Waals surface area (Å²) < 4.78 is 0. The summed E-state index contributed by atoms with van der Waals surface area (Å²) in [6.07, 6.45) is 1.98. The molecule has 3 aliphatic rings. The van der Waals surface area contributed by atoms with Gasteiger partial charge in [-0.1, -0.05) is 115 Å². The Balaban J connectivity index is 1.11. The second-order valence-electron chi connectivity index (χ2n) is 11.3. The zero-order valence-corrected chi connectivity index (χ0v) is 23.4. The quantitative estimate of drug-likeness (QED) is 0.211. The summed E-state index contributed by atoms with van der Waals surface area (Å²) in [4.78, 5) is 2.57. The molecule has 9 rings (SSSR count). The summed E-state index contributed by atoms with van der Waals surface area (Å²) in [5.41, 5.74) is 20.0. The Morgan fingerprint density at radius 1 is 0.415 bits per heavy atom. The molecule has 0 saturated heterocycles. The first kappa shape index (κ1) is 23.1. The van der Waals surface area contributed by atoms with Gasteiger partial charge in [-0.2, -0.15) is 0 Å². The van der Waals surface area contributed by atoms with Gasteiger partial charge in [-0.3, -0.25) is 0 Å². The van der Waals surface area contributed by atoms with Crippen molar-refractivity contribution in [2.45, 2.75) is 22.6 Å². The normalized spacial score (nSPS) is 13.6. The molecular formula is C40H26S. The number of hydrogen-bond donors (Lipinski definition) is 0. The summed E-state index contributed by atoms with van der Waals surface area (Å²) in [5, 5.41) is 0. The summed E-state index contributed by atoms with van der Waals surface area (Å²) in [6.45, 7) is 4.66. The topological polar surface area (TPSA) is 0 Å². The molecule has 41 heavy (non-hydrogen) atoms. The van der Waals surface area contributed by atoms with Crippen molar-refractivity contribution >= 4 is 17.3 Å². The van der Waals surface area contributed by atoms with Crippen LogP contribution in [0.4, 0.5) is 0 Å². The molecule has 0 amide bonds. The fourth-order valence-corrected chi connectivity index (χ4v) is 8.26. The molecule has 6 aromatic carbocycles. The lowest BCUT2D eigenvalue weighted by Gasteiger charge is -2.23. The molecule has 0 nitrogen and oxygen atoms in total. The minimum absolute atomic E-state index is 0.992. The van der Waals surface area contributed by atoms with Crippen LogP contribution in [0.1, 0.15) is 33.4 Å². The zero-order valence-electron chi connectivity index (χ0n) is 22.6. The highest BCUT2D eigenvalue weighted by Gasteiger charge is 2.26. The van der Waals surface area contributed by atoms with Crippen molar-refractivity contribution in [3.8, 4) is 44.5 Å². The monoisotopic (exact) mass is 538 g/mol. The third-order valence-electron chi connectivity index (χ3n) is 9.15. The molecule has 192 valence electrons. The Morgan fingerprint density at radius 3 is 1.37 bits per heavy atom. The van der Waals surface area contributed by atoms with Crippen molar-refractivity contribution in [3.63, 3.8) is 0 Å². The first-order valence-electron chi connectivity index (χ1n) is 14.3. The van der Waals surface area contributed by atoms with E-state index in [1.165, 1.54) is 87.7 Å². The SMILES string of the molecule is C=C1c2cc(-c3cccc4c3Cc3ccccc3-4)ccc2Sc2ccc(-c3cccc4c3Cc3ccccc3-4)cc21. The van der Waals surface area contributed by atoms with Crippen LogP contribution in [0.25, 0.3) is 50.1 Å². The molecule has 0 aromatic heterocycles. The first-order chi connectivity index (χ1) is 20.2. The van der Waals surface area contributed by atoms with E-state index in [1.54, 1.807) is 0 Å². The maximum absolute atomic E-state index is 4.66. The van der Waals surface area contributed by atoms with E-state index in [1.807, 2.05) is 11.8 Å². The molecule has 0 fully saturated rings. The van der Waals surface area contributed by atoms with E-state index in [0.717, 1.165) is 18.4 Å². The average molecular weight is 539 g/mol. The van der Waals surface area contributed by atoms with Crippen molar-refractivity contribution in [1.29, 1.82) is 0 Å². The molecule has 0 saturated carbocycles. The molecule has 6 aromatic rings. The van der Waals surface area contributed by atoms with Crippen molar-refractivity contribution < 1.29 is 0 Å². The van der Waals surface area contributed by atoms with Gasteiger partial charge in [0.25, 0.3) is 0 Å². The molecule has 1 heteroatoms. The average Bonchev–Trinajstić information content (AvgIpc) is 3.60. The Morgan fingerprint density at radius 2 is 0.854 bits per heavy atom. The Labute approximate surface area is 245 Å². The standard InChI is InChI=1S/C40H26S/c1-24-35-20-27(31-12-6-14-33-29-10-4-2-8-25(29)22-37(31)33)16-18-39(35)41-40-19-17-28(21-36(24)40)32-13-7-15-34-30-11-5-3-9-26(30)23-38(32)34/h2-21H,1,22-23H2. The maximum atomic E-state index is 4.66. The third kappa shape index (κ3) is 3.43. The smallest absolute Gasteiger partial charge is 0.0201 e. The highest BCUT2D eigenvalue weighted by atomic mass is 32.2. The van der Waals surface area contributed by atoms with Gasteiger partial charge < -0.3 is 0 Å². The molecule has 0 atom stereocenters. The summed E-state index contributed by atoms with van der Waals surface area (Å²) >= 11 is 1.86. The van der Waals surface area contributed by atoms with Crippen LogP contribution in [0, 0.1) is 0 Å². The molecule has 0 unspecified atom stereocenters. The van der Waals surface area contributed by atoms with E-state index in [-0.39, 0.29) is 0 Å². The van der Waals surface area contributed by atoms with Crippen LogP contribution in [-0.2, 0) is 12.8 Å². The second kappa shape index (κ2) is 8.70. The van der Waals surface area contributed by atoms with Crippen molar-refractivity contribution in [3.05, 3.63) is 161 Å². The van der Waals surface area contributed by atoms with E-state index < -0.39 is 0 Å². The van der Waals surface area contributed by atoms with E-state index in [0.29, 0.717) is 0 Å². The summed E-state index contributed by atoms with van der Waals surface area (Å²) in [6, 6.07) is 45.1. The van der Waals surface area contributed by atoms with Crippen LogP contribution in [-0.4, -0.2) is 0 Å². The first-order valence-corrected chi connectivity index (χ1v) is 15.1. The van der Waals surface area contributed by atoms with Gasteiger partial charge in [0, 0.05) is 9.79 Å². The van der Waals surface area contributed by atoms with Crippen molar-refractivity contribution in [2.75, 3.05) is 0 Å². The highest BCUT2D eigenvalue weighted by Crippen LogP contribution is 2.49. The van der Waals surface area contributed by atoms with Crippen LogP contribution in [0.3, 0.4) is 0 Å². The third-order valence-corrected chi connectivity index (χ3v) is 10.3.